The third-order valence-electron chi connectivity index (χ3n) is 4.14. The van der Waals surface area contributed by atoms with Gasteiger partial charge >= 0.3 is 5.97 Å². The molecule has 162 valence electrons. The largest absolute Gasteiger partial charge is 0.466 e. The second-order valence-corrected chi connectivity index (χ2v) is 8.84. The topological polar surface area (TPSA) is 59.5 Å². The van der Waals surface area contributed by atoms with Crippen molar-refractivity contribution < 1.29 is 14.3 Å². The Balaban J connectivity index is 1.94. The van der Waals surface area contributed by atoms with Crippen molar-refractivity contribution in [2.75, 3.05) is 11.5 Å². The molecule has 1 heterocycles. The Bertz CT molecular complexity index is 1120. The Morgan fingerprint density at radius 1 is 1.00 bits per heavy atom. The van der Waals surface area contributed by atoms with Gasteiger partial charge in [-0.25, -0.2) is 4.98 Å². The number of halogens is 4. The van der Waals surface area contributed by atoms with Gasteiger partial charge in [0.25, 0.3) is 5.91 Å². The number of ether oxygens (including phenoxy) is 1. The molecule has 0 saturated heterocycles. The number of carbonyl (C=O) groups excluding carboxylic acids is 2. The molecule has 0 spiro atoms. The molecule has 0 aliphatic carbocycles. The van der Waals surface area contributed by atoms with Crippen LogP contribution in [0.25, 0.3) is 0 Å². The SMILES string of the molecule is CCOC(=O)Cc1csc(N(Cc2ccc(Cl)c(Cl)c2)C(=O)c2ccc(Cl)c(Cl)c2)n1. The molecule has 1 aromatic heterocycles. The van der Waals surface area contributed by atoms with Crippen LogP contribution in [-0.2, 0) is 22.5 Å². The highest BCUT2D eigenvalue weighted by Crippen LogP contribution is 2.29. The second-order valence-electron chi connectivity index (χ2n) is 6.37. The van der Waals surface area contributed by atoms with Crippen LogP contribution in [0.1, 0.15) is 28.5 Å². The Morgan fingerprint density at radius 3 is 2.32 bits per heavy atom. The third kappa shape index (κ3) is 6.11. The lowest BCUT2D eigenvalue weighted by Gasteiger charge is -2.21. The molecule has 1 amide bonds. The predicted molar refractivity (Wildman–Crippen MR) is 126 cm³/mol. The number of rotatable bonds is 7. The highest BCUT2D eigenvalue weighted by Gasteiger charge is 2.23. The van der Waals surface area contributed by atoms with E-state index < -0.39 is 0 Å². The van der Waals surface area contributed by atoms with Crippen LogP contribution in [0.3, 0.4) is 0 Å². The molecule has 0 bridgehead atoms. The van der Waals surface area contributed by atoms with E-state index in [4.69, 9.17) is 51.1 Å². The van der Waals surface area contributed by atoms with Crippen molar-refractivity contribution in [1.29, 1.82) is 0 Å². The molecule has 3 aromatic rings. The number of hydrogen-bond acceptors (Lipinski definition) is 5. The van der Waals surface area contributed by atoms with E-state index in [9.17, 15) is 9.59 Å². The van der Waals surface area contributed by atoms with Crippen molar-refractivity contribution in [2.45, 2.75) is 19.9 Å². The number of nitrogens with zero attached hydrogens (tertiary/aromatic N) is 2. The van der Waals surface area contributed by atoms with Crippen molar-refractivity contribution in [3.05, 3.63) is 78.7 Å². The summed E-state index contributed by atoms with van der Waals surface area (Å²) in [5.41, 5.74) is 1.61. The van der Waals surface area contributed by atoms with Gasteiger partial charge < -0.3 is 4.74 Å². The zero-order chi connectivity index (χ0) is 22.5. The molecular formula is C21H16Cl4N2O3S. The lowest BCUT2D eigenvalue weighted by Crippen LogP contribution is -2.30. The lowest BCUT2D eigenvalue weighted by molar-refractivity contribution is -0.142. The van der Waals surface area contributed by atoms with Crippen LogP contribution in [-0.4, -0.2) is 23.5 Å². The molecule has 31 heavy (non-hydrogen) atoms. The fourth-order valence-corrected chi connectivity index (χ4v) is 4.13. The van der Waals surface area contributed by atoms with Crippen LogP contribution in [0.2, 0.25) is 20.1 Å². The van der Waals surface area contributed by atoms with Gasteiger partial charge in [0.05, 0.1) is 45.4 Å². The van der Waals surface area contributed by atoms with Crippen LogP contribution in [0.5, 0.6) is 0 Å². The van der Waals surface area contributed by atoms with Gasteiger partial charge in [-0.1, -0.05) is 52.5 Å². The molecule has 0 fully saturated rings. The maximum Gasteiger partial charge on any atom is 0.311 e. The van der Waals surface area contributed by atoms with Crippen LogP contribution in [0.15, 0.2) is 41.8 Å². The summed E-state index contributed by atoms with van der Waals surface area (Å²) in [7, 11) is 0. The summed E-state index contributed by atoms with van der Waals surface area (Å²) in [5, 5.41) is 3.55. The lowest BCUT2D eigenvalue weighted by atomic mass is 10.1. The third-order valence-corrected chi connectivity index (χ3v) is 6.53. The average Bonchev–Trinajstić information content (AvgIpc) is 3.18. The summed E-state index contributed by atoms with van der Waals surface area (Å²) < 4.78 is 4.97. The van der Waals surface area contributed by atoms with Crippen LogP contribution >= 0.6 is 57.7 Å². The highest BCUT2D eigenvalue weighted by atomic mass is 35.5. The summed E-state index contributed by atoms with van der Waals surface area (Å²) in [6.07, 6.45) is 0.0198. The van der Waals surface area contributed by atoms with Gasteiger partial charge in [0.2, 0.25) is 0 Å². The number of hydrogen-bond donors (Lipinski definition) is 0. The molecule has 0 saturated carbocycles. The number of esters is 1. The number of anilines is 1. The van der Waals surface area contributed by atoms with E-state index >= 15 is 0 Å². The summed E-state index contributed by atoms with van der Waals surface area (Å²) in [5.74, 6) is -0.715. The minimum absolute atomic E-state index is 0.0198. The molecule has 10 heteroatoms. The maximum absolute atomic E-state index is 13.3. The molecule has 5 nitrogen and oxygen atoms in total. The van der Waals surface area contributed by atoms with E-state index in [1.54, 1.807) is 42.6 Å². The van der Waals surface area contributed by atoms with Gasteiger partial charge in [-0.15, -0.1) is 11.3 Å². The Kier molecular flexibility index (Phi) is 8.19. The van der Waals surface area contributed by atoms with E-state index in [-0.39, 0.29) is 36.5 Å². The minimum atomic E-state index is -0.383. The van der Waals surface area contributed by atoms with Gasteiger partial charge in [-0.2, -0.15) is 0 Å². The summed E-state index contributed by atoms with van der Waals surface area (Å²) in [4.78, 5) is 31.1. The van der Waals surface area contributed by atoms with Gasteiger partial charge in [0.15, 0.2) is 5.13 Å². The van der Waals surface area contributed by atoms with Crippen molar-refractivity contribution in [3.63, 3.8) is 0 Å². The van der Waals surface area contributed by atoms with E-state index in [0.29, 0.717) is 31.5 Å². The molecular weight excluding hydrogens is 502 g/mol. The highest BCUT2D eigenvalue weighted by molar-refractivity contribution is 7.14. The van der Waals surface area contributed by atoms with Gasteiger partial charge in [0, 0.05) is 10.9 Å². The predicted octanol–water partition coefficient (Wildman–Crippen LogP) is 6.71. The van der Waals surface area contributed by atoms with Crippen LogP contribution in [0, 0.1) is 0 Å². The number of aromatic nitrogens is 1. The molecule has 0 N–H and O–H groups in total. The van der Waals surface area contributed by atoms with Gasteiger partial charge in [-0.3, -0.25) is 14.5 Å². The Hall–Kier alpha value is -1.83. The maximum atomic E-state index is 13.3. The van der Waals surface area contributed by atoms with E-state index in [0.717, 1.165) is 5.56 Å². The number of carbonyl (C=O) groups is 2. The summed E-state index contributed by atoms with van der Waals surface area (Å²) >= 11 is 25.5. The fourth-order valence-electron chi connectivity index (χ4n) is 2.69. The summed E-state index contributed by atoms with van der Waals surface area (Å²) in [6, 6.07) is 9.77. The first-order chi connectivity index (χ1) is 14.8. The standard InChI is InChI=1S/C21H16Cl4N2O3S/c1-2-30-19(28)9-14-11-31-21(26-14)27(10-12-3-5-15(22)17(24)7-12)20(29)13-4-6-16(23)18(25)8-13/h3-8,11H,2,9-10H2,1H3. The normalized spacial score (nSPS) is 10.7. The van der Waals surface area contributed by atoms with Crippen LogP contribution in [0.4, 0.5) is 5.13 Å². The number of benzene rings is 2. The Labute approximate surface area is 203 Å². The molecule has 0 unspecified atom stereocenters. The van der Waals surface area contributed by atoms with Crippen molar-refractivity contribution in [3.8, 4) is 0 Å². The van der Waals surface area contributed by atoms with Gasteiger partial charge in [0.1, 0.15) is 0 Å². The average molecular weight is 518 g/mol. The monoisotopic (exact) mass is 516 g/mol. The molecule has 2 aromatic carbocycles. The first-order valence-electron chi connectivity index (χ1n) is 9.09. The molecule has 0 aliphatic rings. The van der Waals surface area contributed by atoms with Crippen LogP contribution < -0.4 is 4.90 Å². The quantitative estimate of drug-likeness (QED) is 0.327. The fraction of sp³-hybridized carbons (Fsp3) is 0.190. The molecule has 3 rings (SSSR count). The molecule has 0 aliphatic heterocycles. The number of thiazole rings is 1. The van der Waals surface area contributed by atoms with E-state index in [1.165, 1.54) is 22.3 Å². The number of amides is 1. The minimum Gasteiger partial charge on any atom is -0.466 e. The first-order valence-corrected chi connectivity index (χ1v) is 11.5. The zero-order valence-corrected chi connectivity index (χ0v) is 20.0. The Morgan fingerprint density at radius 2 is 1.68 bits per heavy atom. The van der Waals surface area contributed by atoms with Crippen molar-refractivity contribution in [2.24, 2.45) is 0 Å². The van der Waals surface area contributed by atoms with Crippen molar-refractivity contribution in [1.82, 2.24) is 4.98 Å². The van der Waals surface area contributed by atoms with E-state index in [2.05, 4.69) is 4.98 Å². The molecule has 0 radical (unpaired) electrons. The summed E-state index contributed by atoms with van der Waals surface area (Å²) in [6.45, 7) is 2.21. The molecule has 0 atom stereocenters. The zero-order valence-electron chi connectivity index (χ0n) is 16.2. The second kappa shape index (κ2) is 10.7. The van der Waals surface area contributed by atoms with Crippen molar-refractivity contribution >= 4 is 74.7 Å². The first kappa shape index (κ1) is 23.8. The smallest absolute Gasteiger partial charge is 0.311 e. The van der Waals surface area contributed by atoms with Gasteiger partial charge in [-0.05, 0) is 42.8 Å². The van der Waals surface area contributed by atoms with E-state index in [1.807, 2.05) is 0 Å².